The fourth-order valence-electron chi connectivity index (χ4n) is 1.78. The second kappa shape index (κ2) is 5.96. The van der Waals surface area contributed by atoms with Crippen molar-refractivity contribution in [1.82, 2.24) is 10.6 Å². The molecule has 0 heterocycles. The topological polar surface area (TPSA) is 41.1 Å². The van der Waals surface area contributed by atoms with Gasteiger partial charge in [-0.1, -0.05) is 6.07 Å². The zero-order valence-corrected chi connectivity index (χ0v) is 10.6. The first-order chi connectivity index (χ1) is 8.65. The number of halogens is 1. The molecule has 0 atom stereocenters. The summed E-state index contributed by atoms with van der Waals surface area (Å²) >= 11 is 0. The highest BCUT2D eigenvalue weighted by Gasteiger charge is 2.22. The Morgan fingerprint density at radius 3 is 2.94 bits per heavy atom. The average Bonchev–Trinajstić information content (AvgIpc) is 3.13. The molecule has 0 spiro atoms. The highest BCUT2D eigenvalue weighted by molar-refractivity contribution is 5.76. The van der Waals surface area contributed by atoms with E-state index in [1.807, 2.05) is 6.92 Å². The zero-order chi connectivity index (χ0) is 13.0. The van der Waals surface area contributed by atoms with Crippen molar-refractivity contribution in [2.75, 3.05) is 6.54 Å². The second-order valence-electron chi connectivity index (χ2n) is 4.84. The van der Waals surface area contributed by atoms with Crippen molar-refractivity contribution < 1.29 is 9.18 Å². The van der Waals surface area contributed by atoms with E-state index < -0.39 is 0 Å². The maximum Gasteiger partial charge on any atom is 0.221 e. The van der Waals surface area contributed by atoms with Gasteiger partial charge in [0.2, 0.25) is 5.91 Å². The van der Waals surface area contributed by atoms with Crippen molar-refractivity contribution in [1.29, 1.82) is 0 Å². The average molecular weight is 250 g/mol. The summed E-state index contributed by atoms with van der Waals surface area (Å²) in [5, 5.41) is 6.10. The quantitative estimate of drug-likeness (QED) is 0.757. The molecule has 1 aliphatic rings. The third-order valence-corrected chi connectivity index (χ3v) is 3.10. The lowest BCUT2D eigenvalue weighted by Gasteiger charge is -2.08. The Bertz CT molecular complexity index is 430. The number of carbonyl (C=O) groups is 1. The zero-order valence-electron chi connectivity index (χ0n) is 10.6. The Morgan fingerprint density at radius 1 is 1.44 bits per heavy atom. The van der Waals surface area contributed by atoms with Crippen LogP contribution >= 0.6 is 0 Å². The van der Waals surface area contributed by atoms with Crippen LogP contribution in [0.1, 0.15) is 30.4 Å². The summed E-state index contributed by atoms with van der Waals surface area (Å²) in [5.74, 6) is -0.121. The number of hydrogen-bond donors (Lipinski definition) is 2. The van der Waals surface area contributed by atoms with E-state index in [2.05, 4.69) is 10.6 Å². The van der Waals surface area contributed by atoms with Gasteiger partial charge in [0.1, 0.15) is 5.82 Å². The minimum atomic E-state index is -0.219. The van der Waals surface area contributed by atoms with Gasteiger partial charge in [0.05, 0.1) is 0 Å². The van der Waals surface area contributed by atoms with Gasteiger partial charge >= 0.3 is 0 Å². The molecule has 1 aromatic carbocycles. The van der Waals surface area contributed by atoms with E-state index in [9.17, 15) is 9.18 Å². The van der Waals surface area contributed by atoms with Crippen molar-refractivity contribution in [3.05, 3.63) is 35.1 Å². The van der Waals surface area contributed by atoms with Crippen LogP contribution in [0.25, 0.3) is 0 Å². The van der Waals surface area contributed by atoms with Gasteiger partial charge in [0.15, 0.2) is 0 Å². The summed E-state index contributed by atoms with van der Waals surface area (Å²) in [6, 6.07) is 5.18. The smallest absolute Gasteiger partial charge is 0.221 e. The van der Waals surface area contributed by atoms with Crippen molar-refractivity contribution in [3.8, 4) is 0 Å². The Hall–Kier alpha value is -1.42. The number of rotatable bonds is 6. The molecule has 2 rings (SSSR count). The van der Waals surface area contributed by atoms with Crippen LogP contribution in [0.5, 0.6) is 0 Å². The summed E-state index contributed by atoms with van der Waals surface area (Å²) in [6.45, 7) is 3.17. The number of aryl methyl sites for hydroxylation is 1. The molecule has 2 N–H and O–H groups in total. The number of benzene rings is 1. The lowest BCUT2D eigenvalue weighted by molar-refractivity contribution is -0.121. The molecule has 0 saturated heterocycles. The molecule has 0 bridgehead atoms. The maximum absolute atomic E-state index is 13.0. The van der Waals surface area contributed by atoms with Crippen molar-refractivity contribution in [3.63, 3.8) is 0 Å². The van der Waals surface area contributed by atoms with Crippen molar-refractivity contribution in [2.45, 2.75) is 38.8 Å². The van der Waals surface area contributed by atoms with Gasteiger partial charge in [-0.2, -0.15) is 0 Å². The lowest BCUT2D eigenvalue weighted by atomic mass is 10.1. The first-order valence-electron chi connectivity index (χ1n) is 6.40. The maximum atomic E-state index is 13.0. The van der Waals surface area contributed by atoms with E-state index in [1.165, 1.54) is 12.1 Å². The molecular formula is C14H19FN2O. The van der Waals surface area contributed by atoms with E-state index in [0.717, 1.165) is 24.0 Å². The van der Waals surface area contributed by atoms with Gasteiger partial charge < -0.3 is 10.6 Å². The van der Waals surface area contributed by atoms with Crippen LogP contribution in [0.2, 0.25) is 0 Å². The Morgan fingerprint density at radius 2 is 2.22 bits per heavy atom. The summed E-state index contributed by atoms with van der Waals surface area (Å²) in [6.07, 6.45) is 2.70. The number of hydrogen-bond acceptors (Lipinski definition) is 2. The fourth-order valence-corrected chi connectivity index (χ4v) is 1.78. The molecule has 0 aliphatic heterocycles. The molecule has 98 valence electrons. The molecule has 0 unspecified atom stereocenters. The minimum Gasteiger partial charge on any atom is -0.353 e. The molecule has 1 aromatic rings. The molecule has 0 radical (unpaired) electrons. The molecule has 1 fully saturated rings. The van der Waals surface area contributed by atoms with Gasteiger partial charge in [0.25, 0.3) is 0 Å². The number of nitrogens with one attached hydrogen (secondary N) is 2. The van der Waals surface area contributed by atoms with Crippen LogP contribution in [0.3, 0.4) is 0 Å². The largest absolute Gasteiger partial charge is 0.353 e. The molecule has 1 aliphatic carbocycles. The van der Waals surface area contributed by atoms with Crippen LogP contribution in [-0.4, -0.2) is 18.5 Å². The second-order valence-corrected chi connectivity index (χ2v) is 4.84. The van der Waals surface area contributed by atoms with Crippen LogP contribution in [-0.2, 0) is 11.3 Å². The normalized spacial score (nSPS) is 14.6. The summed E-state index contributed by atoms with van der Waals surface area (Å²) in [5.41, 5.74) is 2.00. The molecular weight excluding hydrogens is 231 g/mol. The first-order valence-corrected chi connectivity index (χ1v) is 6.40. The standard InChI is InChI=1S/C14H19FN2O/c1-10-2-3-12(15)8-11(10)9-16-7-6-14(18)17-13-4-5-13/h2-3,8,13,16H,4-7,9H2,1H3,(H,17,18). The predicted octanol–water partition coefficient (Wildman–Crippen LogP) is 1.89. The van der Waals surface area contributed by atoms with Gasteiger partial charge in [-0.3, -0.25) is 4.79 Å². The van der Waals surface area contributed by atoms with Crippen molar-refractivity contribution >= 4 is 5.91 Å². The van der Waals surface area contributed by atoms with Gasteiger partial charge in [-0.25, -0.2) is 4.39 Å². The Labute approximate surface area is 107 Å². The fraction of sp³-hybridized carbons (Fsp3) is 0.500. The molecule has 1 amide bonds. The van der Waals surface area contributed by atoms with E-state index in [0.29, 0.717) is 25.6 Å². The SMILES string of the molecule is Cc1ccc(F)cc1CNCCC(=O)NC1CC1. The molecule has 3 nitrogen and oxygen atoms in total. The summed E-state index contributed by atoms with van der Waals surface area (Å²) in [4.78, 5) is 11.4. The molecule has 1 saturated carbocycles. The van der Waals surface area contributed by atoms with Crippen molar-refractivity contribution in [2.24, 2.45) is 0 Å². The van der Waals surface area contributed by atoms with Crippen LogP contribution in [0, 0.1) is 12.7 Å². The number of carbonyl (C=O) groups excluding carboxylic acids is 1. The van der Waals surface area contributed by atoms with E-state index in [1.54, 1.807) is 6.07 Å². The summed E-state index contributed by atoms with van der Waals surface area (Å²) < 4.78 is 13.0. The first kappa shape index (κ1) is 13.0. The monoisotopic (exact) mass is 250 g/mol. The van der Waals surface area contributed by atoms with E-state index >= 15 is 0 Å². The van der Waals surface area contributed by atoms with E-state index in [-0.39, 0.29) is 11.7 Å². The van der Waals surface area contributed by atoms with Crippen LogP contribution in [0.4, 0.5) is 4.39 Å². The molecule has 18 heavy (non-hydrogen) atoms. The van der Waals surface area contributed by atoms with E-state index in [4.69, 9.17) is 0 Å². The molecule has 4 heteroatoms. The lowest BCUT2D eigenvalue weighted by Crippen LogP contribution is -2.29. The highest BCUT2D eigenvalue weighted by atomic mass is 19.1. The molecule has 0 aromatic heterocycles. The third-order valence-electron chi connectivity index (χ3n) is 3.10. The Balaban J connectivity index is 1.67. The van der Waals surface area contributed by atoms with Gasteiger partial charge in [-0.05, 0) is 43.0 Å². The predicted molar refractivity (Wildman–Crippen MR) is 68.6 cm³/mol. The Kier molecular flexibility index (Phi) is 4.31. The highest BCUT2D eigenvalue weighted by Crippen LogP contribution is 2.18. The van der Waals surface area contributed by atoms with Crippen LogP contribution in [0.15, 0.2) is 18.2 Å². The van der Waals surface area contributed by atoms with Gasteiger partial charge in [0, 0.05) is 25.6 Å². The summed E-state index contributed by atoms with van der Waals surface area (Å²) in [7, 11) is 0. The van der Waals surface area contributed by atoms with Crippen LogP contribution < -0.4 is 10.6 Å². The number of amides is 1. The third kappa shape index (κ3) is 4.11. The van der Waals surface area contributed by atoms with Gasteiger partial charge in [-0.15, -0.1) is 0 Å². The minimum absolute atomic E-state index is 0.0981.